The highest BCUT2D eigenvalue weighted by Gasteiger charge is 2.02. The summed E-state index contributed by atoms with van der Waals surface area (Å²) < 4.78 is 5.16. The molecule has 0 bridgehead atoms. The lowest BCUT2D eigenvalue weighted by atomic mass is 10.2. The first-order valence-electron chi connectivity index (χ1n) is 4.20. The average Bonchev–Trinajstić information content (AvgIpc) is 2.47. The van der Waals surface area contributed by atoms with Crippen molar-refractivity contribution >= 4 is 0 Å². The van der Waals surface area contributed by atoms with Crippen LogP contribution >= 0.6 is 0 Å². The van der Waals surface area contributed by atoms with Crippen LogP contribution in [0.4, 0.5) is 0 Å². The van der Waals surface area contributed by atoms with Crippen molar-refractivity contribution in [1.82, 2.24) is 5.32 Å². The van der Waals surface area contributed by atoms with Crippen LogP contribution in [0.25, 0.3) is 0 Å². The monoisotopic (exact) mass is 168 g/mol. The third-order valence-electron chi connectivity index (χ3n) is 1.96. The van der Waals surface area contributed by atoms with Crippen molar-refractivity contribution in [2.24, 2.45) is 5.73 Å². The molecular formula is C9H16N2O. The van der Waals surface area contributed by atoms with Crippen LogP contribution in [-0.4, -0.2) is 12.6 Å². The van der Waals surface area contributed by atoms with Gasteiger partial charge in [-0.05, 0) is 19.9 Å². The molecule has 1 atom stereocenters. The van der Waals surface area contributed by atoms with E-state index in [2.05, 4.69) is 12.2 Å². The summed E-state index contributed by atoms with van der Waals surface area (Å²) in [6.45, 7) is 5.52. The lowest BCUT2D eigenvalue weighted by molar-refractivity contribution is 0.516. The highest BCUT2D eigenvalue weighted by atomic mass is 16.3. The van der Waals surface area contributed by atoms with E-state index in [-0.39, 0.29) is 0 Å². The maximum absolute atomic E-state index is 5.46. The van der Waals surface area contributed by atoms with E-state index in [1.165, 1.54) is 5.56 Å². The first-order chi connectivity index (χ1) is 5.74. The van der Waals surface area contributed by atoms with Gasteiger partial charge in [-0.2, -0.15) is 0 Å². The van der Waals surface area contributed by atoms with Gasteiger partial charge in [-0.3, -0.25) is 0 Å². The van der Waals surface area contributed by atoms with Crippen molar-refractivity contribution in [3.8, 4) is 0 Å². The quantitative estimate of drug-likeness (QED) is 0.706. The number of hydrogen-bond acceptors (Lipinski definition) is 3. The number of nitrogens with one attached hydrogen (secondary N) is 1. The van der Waals surface area contributed by atoms with E-state index >= 15 is 0 Å². The summed E-state index contributed by atoms with van der Waals surface area (Å²) in [5, 5.41) is 3.29. The first kappa shape index (κ1) is 9.29. The Bertz CT molecular complexity index is 232. The third kappa shape index (κ3) is 2.36. The summed E-state index contributed by atoms with van der Waals surface area (Å²) in [5.41, 5.74) is 6.67. The molecule has 0 fully saturated rings. The Morgan fingerprint density at radius 3 is 2.92 bits per heavy atom. The van der Waals surface area contributed by atoms with Crippen molar-refractivity contribution in [1.29, 1.82) is 0 Å². The van der Waals surface area contributed by atoms with Gasteiger partial charge in [0, 0.05) is 24.7 Å². The summed E-state index contributed by atoms with van der Waals surface area (Å²) in [6, 6.07) is 2.34. The second kappa shape index (κ2) is 4.28. The van der Waals surface area contributed by atoms with E-state index in [0.29, 0.717) is 12.6 Å². The Labute approximate surface area is 72.9 Å². The van der Waals surface area contributed by atoms with E-state index in [4.69, 9.17) is 10.2 Å². The predicted octanol–water partition coefficient (Wildman–Crippen LogP) is 1.02. The zero-order chi connectivity index (χ0) is 8.97. The predicted molar refractivity (Wildman–Crippen MR) is 48.8 cm³/mol. The number of rotatable bonds is 4. The largest absolute Gasteiger partial charge is 0.469 e. The molecule has 3 N–H and O–H groups in total. The number of aryl methyl sites for hydroxylation is 1. The molecule has 3 heteroatoms. The minimum absolute atomic E-state index is 0.360. The molecule has 1 unspecified atom stereocenters. The summed E-state index contributed by atoms with van der Waals surface area (Å²) >= 11 is 0. The van der Waals surface area contributed by atoms with Gasteiger partial charge in [0.25, 0.3) is 0 Å². The second-order valence-corrected chi connectivity index (χ2v) is 3.02. The van der Waals surface area contributed by atoms with Crippen LogP contribution in [0.1, 0.15) is 18.2 Å². The average molecular weight is 168 g/mol. The summed E-state index contributed by atoms with van der Waals surface area (Å²) in [5.74, 6) is 0.978. The molecule has 0 aromatic carbocycles. The van der Waals surface area contributed by atoms with Crippen LogP contribution in [-0.2, 0) is 6.54 Å². The highest BCUT2D eigenvalue weighted by molar-refractivity contribution is 5.14. The summed E-state index contributed by atoms with van der Waals surface area (Å²) in [4.78, 5) is 0. The number of hydrogen-bond donors (Lipinski definition) is 2. The number of furan rings is 1. The van der Waals surface area contributed by atoms with Gasteiger partial charge >= 0.3 is 0 Å². The first-order valence-corrected chi connectivity index (χ1v) is 4.20. The van der Waals surface area contributed by atoms with Gasteiger partial charge < -0.3 is 15.5 Å². The summed E-state index contributed by atoms with van der Waals surface area (Å²) in [6.07, 6.45) is 1.71. The molecule has 0 saturated heterocycles. The van der Waals surface area contributed by atoms with Crippen LogP contribution in [0.2, 0.25) is 0 Å². The molecule has 3 nitrogen and oxygen atoms in total. The fourth-order valence-electron chi connectivity index (χ4n) is 0.962. The van der Waals surface area contributed by atoms with Crippen molar-refractivity contribution in [3.63, 3.8) is 0 Å². The lowest BCUT2D eigenvalue weighted by Crippen LogP contribution is -2.32. The molecule has 1 heterocycles. The summed E-state index contributed by atoms with van der Waals surface area (Å²) in [7, 11) is 0. The normalized spacial score (nSPS) is 13.2. The van der Waals surface area contributed by atoms with Gasteiger partial charge in [0.05, 0.1) is 6.26 Å². The number of nitrogens with two attached hydrogens (primary N) is 1. The molecule has 0 aliphatic carbocycles. The SMILES string of the molecule is Cc1occc1CNC(C)CN. The zero-order valence-electron chi connectivity index (χ0n) is 7.63. The molecule has 0 radical (unpaired) electrons. The van der Waals surface area contributed by atoms with Crippen LogP contribution < -0.4 is 11.1 Å². The maximum atomic E-state index is 5.46. The van der Waals surface area contributed by atoms with E-state index in [9.17, 15) is 0 Å². The molecule has 0 saturated carbocycles. The Morgan fingerprint density at radius 1 is 1.67 bits per heavy atom. The van der Waals surface area contributed by atoms with Crippen molar-refractivity contribution in [2.45, 2.75) is 26.4 Å². The fourth-order valence-corrected chi connectivity index (χ4v) is 0.962. The van der Waals surface area contributed by atoms with Crippen LogP contribution in [0.15, 0.2) is 16.7 Å². The topological polar surface area (TPSA) is 51.2 Å². The molecular weight excluding hydrogens is 152 g/mol. The van der Waals surface area contributed by atoms with Gasteiger partial charge in [-0.15, -0.1) is 0 Å². The van der Waals surface area contributed by atoms with Gasteiger partial charge in [0.2, 0.25) is 0 Å². The second-order valence-electron chi connectivity index (χ2n) is 3.02. The van der Waals surface area contributed by atoms with E-state index in [1.54, 1.807) is 6.26 Å². The van der Waals surface area contributed by atoms with Gasteiger partial charge in [-0.1, -0.05) is 0 Å². The lowest BCUT2D eigenvalue weighted by Gasteiger charge is -2.09. The fraction of sp³-hybridized carbons (Fsp3) is 0.556. The van der Waals surface area contributed by atoms with E-state index in [0.717, 1.165) is 12.3 Å². The highest BCUT2D eigenvalue weighted by Crippen LogP contribution is 2.07. The van der Waals surface area contributed by atoms with Gasteiger partial charge in [-0.25, -0.2) is 0 Å². The molecule has 0 aliphatic rings. The van der Waals surface area contributed by atoms with Crippen molar-refractivity contribution in [3.05, 3.63) is 23.7 Å². The van der Waals surface area contributed by atoms with Crippen molar-refractivity contribution in [2.75, 3.05) is 6.54 Å². The molecule has 12 heavy (non-hydrogen) atoms. The Kier molecular flexibility index (Phi) is 3.31. The molecule has 1 aromatic heterocycles. The Morgan fingerprint density at radius 2 is 2.42 bits per heavy atom. The molecule has 1 aromatic rings. The maximum Gasteiger partial charge on any atom is 0.105 e. The minimum Gasteiger partial charge on any atom is -0.469 e. The Hall–Kier alpha value is -0.800. The molecule has 68 valence electrons. The van der Waals surface area contributed by atoms with Crippen LogP contribution in [0.3, 0.4) is 0 Å². The minimum atomic E-state index is 0.360. The zero-order valence-corrected chi connectivity index (χ0v) is 7.63. The standard InChI is InChI=1S/C9H16N2O/c1-7(5-10)11-6-9-3-4-12-8(9)2/h3-4,7,11H,5-6,10H2,1-2H3. The molecule has 1 rings (SSSR count). The smallest absolute Gasteiger partial charge is 0.105 e. The Balaban J connectivity index is 2.38. The molecule has 0 amide bonds. The van der Waals surface area contributed by atoms with Crippen LogP contribution in [0.5, 0.6) is 0 Å². The van der Waals surface area contributed by atoms with Gasteiger partial charge in [0.15, 0.2) is 0 Å². The van der Waals surface area contributed by atoms with Gasteiger partial charge in [0.1, 0.15) is 5.76 Å². The van der Waals surface area contributed by atoms with Crippen LogP contribution in [0, 0.1) is 6.92 Å². The third-order valence-corrected chi connectivity index (χ3v) is 1.96. The van der Waals surface area contributed by atoms with E-state index < -0.39 is 0 Å². The molecule has 0 aliphatic heterocycles. The molecule has 0 spiro atoms. The van der Waals surface area contributed by atoms with Crippen molar-refractivity contribution < 1.29 is 4.42 Å². The van der Waals surface area contributed by atoms with E-state index in [1.807, 2.05) is 13.0 Å².